The lowest BCUT2D eigenvalue weighted by molar-refractivity contribution is 0.0484. The number of likely N-dealkylation sites (N-methyl/N-ethyl adjacent to an activating group) is 1. The Morgan fingerprint density at radius 3 is 3.05 bits per heavy atom. The van der Waals surface area contributed by atoms with Crippen LogP contribution in [0.5, 0.6) is 0 Å². The molecule has 0 spiro atoms. The van der Waals surface area contributed by atoms with Gasteiger partial charge in [-0.3, -0.25) is 4.79 Å². The van der Waals surface area contributed by atoms with Crippen LogP contribution in [-0.2, 0) is 4.74 Å². The lowest BCUT2D eigenvalue weighted by Crippen LogP contribution is -2.46. The molecule has 2 aliphatic heterocycles. The monoisotopic (exact) mass is 290 g/mol. The second-order valence-corrected chi connectivity index (χ2v) is 5.89. The van der Waals surface area contributed by atoms with Gasteiger partial charge in [-0.05, 0) is 19.2 Å². The maximum absolute atomic E-state index is 13.0. The highest BCUT2D eigenvalue weighted by molar-refractivity contribution is 5.99. The molecule has 6 heteroatoms. The van der Waals surface area contributed by atoms with Crippen molar-refractivity contribution in [3.63, 3.8) is 0 Å². The summed E-state index contributed by atoms with van der Waals surface area (Å²) in [6.07, 6.45) is 1.69. The number of aromatic nitrogens is 1. The zero-order valence-corrected chi connectivity index (χ0v) is 12.6. The standard InChI is InChI=1S/C15H22N4O2/c1-16-14-13(4-3-5-17-14)15(20)19-7-11-6-18(2)8-12(19)10-21-9-11/h3-5,11-12H,6-10H2,1-2H3,(H,16,17)/t11-,12-/m0/s1. The second kappa shape index (κ2) is 5.99. The van der Waals surface area contributed by atoms with Crippen LogP contribution in [-0.4, -0.2) is 73.7 Å². The van der Waals surface area contributed by atoms with Gasteiger partial charge in [0, 0.05) is 38.8 Å². The first-order valence-corrected chi connectivity index (χ1v) is 7.39. The highest BCUT2D eigenvalue weighted by Gasteiger charge is 2.35. The van der Waals surface area contributed by atoms with Gasteiger partial charge in [-0.25, -0.2) is 4.98 Å². The van der Waals surface area contributed by atoms with Crippen molar-refractivity contribution in [3.8, 4) is 0 Å². The normalized spacial score (nSPS) is 26.3. The third kappa shape index (κ3) is 2.87. The zero-order chi connectivity index (χ0) is 14.8. The van der Waals surface area contributed by atoms with E-state index >= 15 is 0 Å². The highest BCUT2D eigenvalue weighted by Crippen LogP contribution is 2.23. The van der Waals surface area contributed by atoms with E-state index in [9.17, 15) is 4.79 Å². The van der Waals surface area contributed by atoms with E-state index in [1.54, 1.807) is 19.3 Å². The van der Waals surface area contributed by atoms with Gasteiger partial charge in [-0.1, -0.05) is 0 Å². The zero-order valence-electron chi connectivity index (χ0n) is 12.6. The van der Waals surface area contributed by atoms with E-state index in [4.69, 9.17) is 4.74 Å². The minimum absolute atomic E-state index is 0.0447. The number of carbonyl (C=O) groups is 1. The van der Waals surface area contributed by atoms with Crippen molar-refractivity contribution >= 4 is 11.7 Å². The second-order valence-electron chi connectivity index (χ2n) is 5.89. The number of nitrogens with one attached hydrogen (secondary N) is 1. The Bertz CT molecular complexity index is 522. The molecule has 6 nitrogen and oxygen atoms in total. The van der Waals surface area contributed by atoms with Crippen LogP contribution in [0.4, 0.5) is 5.82 Å². The molecule has 2 fully saturated rings. The van der Waals surface area contributed by atoms with Crippen molar-refractivity contribution in [3.05, 3.63) is 23.9 Å². The maximum atomic E-state index is 13.0. The molecule has 3 rings (SSSR count). The molecule has 21 heavy (non-hydrogen) atoms. The molecule has 0 aromatic carbocycles. The molecule has 2 atom stereocenters. The summed E-state index contributed by atoms with van der Waals surface area (Å²) in [4.78, 5) is 21.5. The first-order chi connectivity index (χ1) is 10.2. The molecule has 1 amide bonds. The number of anilines is 1. The lowest BCUT2D eigenvalue weighted by atomic mass is 10.1. The van der Waals surface area contributed by atoms with Crippen LogP contribution in [0.2, 0.25) is 0 Å². The smallest absolute Gasteiger partial charge is 0.257 e. The van der Waals surface area contributed by atoms with Gasteiger partial charge in [0.1, 0.15) is 5.82 Å². The molecule has 0 radical (unpaired) electrons. The summed E-state index contributed by atoms with van der Waals surface area (Å²) in [6, 6.07) is 3.75. The average Bonchev–Trinajstić information content (AvgIpc) is 2.76. The summed E-state index contributed by atoms with van der Waals surface area (Å²) in [5.41, 5.74) is 0.634. The van der Waals surface area contributed by atoms with Gasteiger partial charge in [0.2, 0.25) is 0 Å². The Labute approximate surface area is 125 Å². The predicted octanol–water partition coefficient (Wildman–Crippen LogP) is 0.526. The number of amides is 1. The first kappa shape index (κ1) is 14.3. The molecule has 0 aliphatic carbocycles. The van der Waals surface area contributed by atoms with Crippen molar-refractivity contribution in [2.24, 2.45) is 5.92 Å². The van der Waals surface area contributed by atoms with Crippen molar-refractivity contribution in [1.82, 2.24) is 14.8 Å². The van der Waals surface area contributed by atoms with Gasteiger partial charge in [-0.2, -0.15) is 0 Å². The number of nitrogens with zero attached hydrogens (tertiary/aromatic N) is 3. The number of carbonyl (C=O) groups excluding carboxylic acids is 1. The Morgan fingerprint density at radius 1 is 1.38 bits per heavy atom. The van der Waals surface area contributed by atoms with Crippen LogP contribution in [0.1, 0.15) is 10.4 Å². The van der Waals surface area contributed by atoms with E-state index in [1.165, 1.54) is 0 Å². The molecule has 114 valence electrons. The minimum Gasteiger partial charge on any atom is -0.379 e. The van der Waals surface area contributed by atoms with Crippen LogP contribution in [0, 0.1) is 5.92 Å². The van der Waals surface area contributed by atoms with Crippen molar-refractivity contribution in [2.45, 2.75) is 6.04 Å². The first-order valence-electron chi connectivity index (χ1n) is 7.39. The topological polar surface area (TPSA) is 57.7 Å². The number of pyridine rings is 1. The lowest BCUT2D eigenvalue weighted by Gasteiger charge is -2.30. The van der Waals surface area contributed by atoms with Gasteiger partial charge >= 0.3 is 0 Å². The summed E-state index contributed by atoms with van der Waals surface area (Å²) in [5.74, 6) is 1.06. The summed E-state index contributed by atoms with van der Waals surface area (Å²) in [6.45, 7) is 3.94. The summed E-state index contributed by atoms with van der Waals surface area (Å²) >= 11 is 0. The van der Waals surface area contributed by atoms with Crippen LogP contribution in [0.25, 0.3) is 0 Å². The largest absolute Gasteiger partial charge is 0.379 e. The quantitative estimate of drug-likeness (QED) is 0.861. The molecular formula is C15H22N4O2. The van der Waals surface area contributed by atoms with Gasteiger partial charge in [0.25, 0.3) is 5.91 Å². The molecule has 2 bridgehead atoms. The molecule has 0 unspecified atom stereocenters. The molecule has 2 saturated heterocycles. The molecule has 1 aromatic heterocycles. The van der Waals surface area contributed by atoms with Gasteiger partial charge in [-0.15, -0.1) is 0 Å². The molecule has 3 heterocycles. The summed E-state index contributed by atoms with van der Waals surface area (Å²) < 4.78 is 5.73. The Hall–Kier alpha value is -1.66. The van der Waals surface area contributed by atoms with Gasteiger partial charge in [0.15, 0.2) is 0 Å². The van der Waals surface area contributed by atoms with E-state index < -0.39 is 0 Å². The Morgan fingerprint density at radius 2 is 2.24 bits per heavy atom. The molecule has 1 aromatic rings. The number of rotatable bonds is 2. The minimum atomic E-state index is 0.0447. The molecule has 0 saturated carbocycles. The third-order valence-corrected chi connectivity index (χ3v) is 4.19. The van der Waals surface area contributed by atoms with Crippen LogP contribution < -0.4 is 5.32 Å². The van der Waals surface area contributed by atoms with Crippen molar-refractivity contribution in [1.29, 1.82) is 0 Å². The van der Waals surface area contributed by atoms with Crippen molar-refractivity contribution in [2.75, 3.05) is 52.3 Å². The number of hydrogen-bond acceptors (Lipinski definition) is 5. The van der Waals surface area contributed by atoms with E-state index in [1.807, 2.05) is 11.0 Å². The fourth-order valence-electron chi connectivity index (χ4n) is 3.26. The fraction of sp³-hybridized carbons (Fsp3) is 0.600. The predicted molar refractivity (Wildman–Crippen MR) is 80.4 cm³/mol. The van der Waals surface area contributed by atoms with Crippen LogP contribution in [0.3, 0.4) is 0 Å². The number of ether oxygens (including phenoxy) is 1. The molecule has 2 aliphatic rings. The number of fused-ring (bicyclic) bond motifs is 3. The van der Waals surface area contributed by atoms with E-state index in [0.717, 1.165) is 26.2 Å². The number of hydrogen-bond donors (Lipinski definition) is 1. The summed E-state index contributed by atoms with van der Waals surface area (Å²) in [5, 5.41) is 3.00. The average molecular weight is 290 g/mol. The van der Waals surface area contributed by atoms with Gasteiger partial charge < -0.3 is 19.9 Å². The third-order valence-electron chi connectivity index (χ3n) is 4.19. The van der Waals surface area contributed by atoms with Crippen LogP contribution >= 0.6 is 0 Å². The maximum Gasteiger partial charge on any atom is 0.257 e. The summed E-state index contributed by atoms with van der Waals surface area (Å²) in [7, 11) is 3.90. The fourth-order valence-corrected chi connectivity index (χ4v) is 3.26. The van der Waals surface area contributed by atoms with Crippen LogP contribution in [0.15, 0.2) is 18.3 Å². The van der Waals surface area contributed by atoms with E-state index in [2.05, 4.69) is 22.2 Å². The highest BCUT2D eigenvalue weighted by atomic mass is 16.5. The van der Waals surface area contributed by atoms with E-state index in [-0.39, 0.29) is 11.9 Å². The van der Waals surface area contributed by atoms with Crippen molar-refractivity contribution < 1.29 is 9.53 Å². The molecular weight excluding hydrogens is 268 g/mol. The Balaban J connectivity index is 1.89. The molecule has 1 N–H and O–H groups in total. The SMILES string of the molecule is CNc1ncccc1C(=O)N1C[C@H]2COC[C@@H]1CN(C)C2. The van der Waals surface area contributed by atoms with E-state index in [0.29, 0.717) is 23.9 Å². The Kier molecular flexibility index (Phi) is 4.07. The van der Waals surface area contributed by atoms with Gasteiger partial charge in [0.05, 0.1) is 24.8 Å².